The van der Waals surface area contributed by atoms with Crippen LogP contribution in [0.4, 0.5) is 4.39 Å². The lowest BCUT2D eigenvalue weighted by Crippen LogP contribution is -2.56. The van der Waals surface area contributed by atoms with Gasteiger partial charge in [-0.15, -0.1) is 0 Å². The van der Waals surface area contributed by atoms with Crippen LogP contribution in [0.25, 0.3) is 0 Å². The molecule has 0 saturated heterocycles. The third-order valence-electron chi connectivity index (χ3n) is 3.81. The van der Waals surface area contributed by atoms with E-state index in [1.165, 1.54) is 25.3 Å². The number of esters is 1. The number of carbonyl (C=O) groups excluding carboxylic acids is 2. The molecule has 2 rings (SSSR count). The van der Waals surface area contributed by atoms with Crippen LogP contribution in [0.15, 0.2) is 22.7 Å². The molecule has 114 valence electrons. The van der Waals surface area contributed by atoms with Crippen molar-refractivity contribution in [1.29, 1.82) is 0 Å². The Hall–Kier alpha value is -1.43. The predicted molar refractivity (Wildman–Crippen MR) is 79.4 cm³/mol. The molecule has 4 nitrogen and oxygen atoms in total. The maximum absolute atomic E-state index is 13.1. The second kappa shape index (κ2) is 6.56. The van der Waals surface area contributed by atoms with E-state index in [1.807, 2.05) is 0 Å². The first kappa shape index (κ1) is 15.9. The van der Waals surface area contributed by atoms with Gasteiger partial charge in [0.1, 0.15) is 11.4 Å². The van der Waals surface area contributed by atoms with Crippen LogP contribution in [0.3, 0.4) is 0 Å². The molecule has 6 heteroatoms. The molecule has 1 saturated carbocycles. The molecule has 0 radical (unpaired) electrons. The zero-order valence-corrected chi connectivity index (χ0v) is 13.3. The van der Waals surface area contributed by atoms with E-state index in [4.69, 9.17) is 4.74 Å². The maximum atomic E-state index is 13.1. The Labute approximate surface area is 131 Å². The van der Waals surface area contributed by atoms with Crippen LogP contribution in [-0.4, -0.2) is 24.5 Å². The molecule has 1 amide bonds. The Morgan fingerprint density at radius 3 is 2.52 bits per heavy atom. The summed E-state index contributed by atoms with van der Waals surface area (Å²) in [7, 11) is 1.32. The van der Waals surface area contributed by atoms with Gasteiger partial charge in [-0.2, -0.15) is 0 Å². The smallest absolute Gasteiger partial charge is 0.331 e. The number of hydrogen-bond acceptors (Lipinski definition) is 3. The van der Waals surface area contributed by atoms with Crippen molar-refractivity contribution in [3.05, 3.63) is 34.1 Å². The van der Waals surface area contributed by atoms with E-state index in [0.717, 1.165) is 19.3 Å². The predicted octanol–water partition coefficient (Wildman–Crippen LogP) is 3.19. The number of benzene rings is 1. The summed E-state index contributed by atoms with van der Waals surface area (Å²) >= 11 is 3.17. The van der Waals surface area contributed by atoms with Gasteiger partial charge in [-0.1, -0.05) is 19.3 Å². The summed E-state index contributed by atoms with van der Waals surface area (Å²) in [6.07, 6.45) is 3.88. The molecule has 0 aromatic heterocycles. The highest BCUT2D eigenvalue weighted by molar-refractivity contribution is 9.10. The SMILES string of the molecule is COC(=O)C1(NC(=O)c2ccc(F)cc2Br)CCCCC1. The van der Waals surface area contributed by atoms with Gasteiger partial charge in [0.05, 0.1) is 12.7 Å². The number of methoxy groups -OCH3 is 1. The summed E-state index contributed by atoms with van der Waals surface area (Å²) in [4.78, 5) is 24.5. The van der Waals surface area contributed by atoms with E-state index in [0.29, 0.717) is 22.9 Å². The van der Waals surface area contributed by atoms with Crippen molar-refractivity contribution in [2.45, 2.75) is 37.6 Å². The first-order valence-corrected chi connectivity index (χ1v) is 7.64. The van der Waals surface area contributed by atoms with Crippen molar-refractivity contribution in [2.24, 2.45) is 0 Å². The average molecular weight is 358 g/mol. The van der Waals surface area contributed by atoms with Crippen molar-refractivity contribution in [2.75, 3.05) is 7.11 Å². The van der Waals surface area contributed by atoms with Crippen LogP contribution in [0, 0.1) is 5.82 Å². The van der Waals surface area contributed by atoms with E-state index >= 15 is 0 Å². The minimum Gasteiger partial charge on any atom is -0.467 e. The highest BCUT2D eigenvalue weighted by atomic mass is 79.9. The molecule has 1 aliphatic carbocycles. The number of halogens is 2. The molecule has 21 heavy (non-hydrogen) atoms. The van der Waals surface area contributed by atoms with E-state index < -0.39 is 23.2 Å². The Balaban J connectivity index is 2.24. The number of ether oxygens (including phenoxy) is 1. The molecule has 0 bridgehead atoms. The number of hydrogen-bond donors (Lipinski definition) is 1. The largest absolute Gasteiger partial charge is 0.467 e. The highest BCUT2D eigenvalue weighted by Crippen LogP contribution is 2.30. The normalized spacial score (nSPS) is 17.1. The van der Waals surface area contributed by atoms with Gasteiger partial charge in [-0.05, 0) is 47.0 Å². The minimum atomic E-state index is -0.974. The number of rotatable bonds is 3. The van der Waals surface area contributed by atoms with Crippen LogP contribution in [0.5, 0.6) is 0 Å². The van der Waals surface area contributed by atoms with Crippen LogP contribution in [-0.2, 0) is 9.53 Å². The molecule has 1 aromatic rings. The molecular formula is C15H17BrFNO3. The Morgan fingerprint density at radius 2 is 1.95 bits per heavy atom. The third-order valence-corrected chi connectivity index (χ3v) is 4.47. The van der Waals surface area contributed by atoms with Crippen LogP contribution < -0.4 is 5.32 Å². The standard InChI is InChI=1S/C15H17BrFNO3/c1-21-14(20)15(7-3-2-4-8-15)18-13(19)11-6-5-10(17)9-12(11)16/h5-6,9H,2-4,7-8H2,1H3,(H,18,19). The highest BCUT2D eigenvalue weighted by Gasteiger charge is 2.42. The first-order valence-electron chi connectivity index (χ1n) is 6.84. The van der Waals surface area contributed by atoms with E-state index in [2.05, 4.69) is 21.2 Å². The van der Waals surface area contributed by atoms with Gasteiger partial charge in [-0.3, -0.25) is 4.79 Å². The van der Waals surface area contributed by atoms with Gasteiger partial charge in [0.15, 0.2) is 0 Å². The lowest BCUT2D eigenvalue weighted by atomic mass is 9.81. The van der Waals surface area contributed by atoms with Crippen molar-refractivity contribution in [3.63, 3.8) is 0 Å². The second-order valence-corrected chi connectivity index (χ2v) is 6.07. The van der Waals surface area contributed by atoms with Crippen molar-refractivity contribution >= 4 is 27.8 Å². The summed E-state index contributed by atoms with van der Waals surface area (Å²) in [5.41, 5.74) is -0.678. The molecule has 0 unspecified atom stereocenters. The van der Waals surface area contributed by atoms with Gasteiger partial charge >= 0.3 is 5.97 Å². The van der Waals surface area contributed by atoms with Gasteiger partial charge in [0.25, 0.3) is 5.91 Å². The zero-order chi connectivity index (χ0) is 15.5. The van der Waals surface area contributed by atoms with E-state index in [9.17, 15) is 14.0 Å². The molecule has 1 aliphatic rings. The Kier molecular flexibility index (Phi) is 4.98. The summed E-state index contributed by atoms with van der Waals surface area (Å²) in [6, 6.07) is 3.83. The number of nitrogens with one attached hydrogen (secondary N) is 1. The summed E-state index contributed by atoms with van der Waals surface area (Å²) in [6.45, 7) is 0. The lowest BCUT2D eigenvalue weighted by molar-refractivity contribution is -0.149. The van der Waals surface area contributed by atoms with Gasteiger partial charge in [-0.25, -0.2) is 9.18 Å². The second-order valence-electron chi connectivity index (χ2n) is 5.21. The van der Waals surface area contributed by atoms with E-state index in [-0.39, 0.29) is 0 Å². The van der Waals surface area contributed by atoms with Gasteiger partial charge in [0.2, 0.25) is 0 Å². The van der Waals surface area contributed by atoms with Gasteiger partial charge in [0, 0.05) is 4.47 Å². The summed E-state index contributed by atoms with van der Waals surface area (Å²) in [5.74, 6) is -1.26. The molecule has 0 aliphatic heterocycles. The molecule has 1 N–H and O–H groups in total. The van der Waals surface area contributed by atoms with Crippen molar-refractivity contribution in [1.82, 2.24) is 5.32 Å². The molecule has 1 aromatic carbocycles. The molecule has 0 atom stereocenters. The molecule has 0 spiro atoms. The van der Waals surface area contributed by atoms with Crippen LogP contribution in [0.1, 0.15) is 42.5 Å². The Morgan fingerprint density at radius 1 is 1.29 bits per heavy atom. The quantitative estimate of drug-likeness (QED) is 0.845. The van der Waals surface area contributed by atoms with Crippen LogP contribution in [0.2, 0.25) is 0 Å². The lowest BCUT2D eigenvalue weighted by Gasteiger charge is -2.35. The van der Waals surface area contributed by atoms with Gasteiger partial charge < -0.3 is 10.1 Å². The topological polar surface area (TPSA) is 55.4 Å². The Bertz CT molecular complexity index is 556. The van der Waals surface area contributed by atoms with Crippen molar-refractivity contribution in [3.8, 4) is 0 Å². The molecule has 1 fully saturated rings. The minimum absolute atomic E-state index is 0.297. The number of amides is 1. The van der Waals surface area contributed by atoms with Crippen molar-refractivity contribution < 1.29 is 18.7 Å². The third kappa shape index (κ3) is 3.43. The maximum Gasteiger partial charge on any atom is 0.331 e. The molecular weight excluding hydrogens is 341 g/mol. The first-order chi connectivity index (χ1) is 9.98. The fourth-order valence-corrected chi connectivity index (χ4v) is 3.22. The summed E-state index contributed by atoms with van der Waals surface area (Å²) < 4.78 is 18.3. The fourth-order valence-electron chi connectivity index (χ4n) is 2.69. The zero-order valence-electron chi connectivity index (χ0n) is 11.7. The summed E-state index contributed by atoms with van der Waals surface area (Å²) in [5, 5.41) is 2.79. The fraction of sp³-hybridized carbons (Fsp3) is 0.467. The van der Waals surface area contributed by atoms with Crippen LogP contribution >= 0.6 is 15.9 Å². The van der Waals surface area contributed by atoms with E-state index in [1.54, 1.807) is 0 Å². The monoisotopic (exact) mass is 357 g/mol. The molecule has 0 heterocycles. The average Bonchev–Trinajstić information content (AvgIpc) is 2.47. The number of carbonyl (C=O) groups is 2.